The second-order valence-electron chi connectivity index (χ2n) is 5.51. The van der Waals surface area contributed by atoms with E-state index in [1.807, 2.05) is 11.3 Å². The highest BCUT2D eigenvalue weighted by molar-refractivity contribution is 9.10. The fourth-order valence-corrected chi connectivity index (χ4v) is 5.05. The lowest BCUT2D eigenvalue weighted by atomic mass is 9.81. The van der Waals surface area contributed by atoms with E-state index in [0.29, 0.717) is 0 Å². The Morgan fingerprint density at radius 3 is 2.47 bits per heavy atom. The van der Waals surface area contributed by atoms with Crippen molar-refractivity contribution in [2.45, 2.75) is 57.5 Å². The summed E-state index contributed by atoms with van der Waals surface area (Å²) in [6.45, 7) is 7.04. The van der Waals surface area contributed by atoms with Gasteiger partial charge >= 0.3 is 0 Å². The molecule has 2 heterocycles. The smallest absolute Gasteiger partial charge is 0.0358 e. The summed E-state index contributed by atoms with van der Waals surface area (Å²) in [5, 5.41) is 2.14. The Balaban J connectivity index is 2.15. The molecule has 0 saturated carbocycles. The third-order valence-electron chi connectivity index (χ3n) is 4.75. The molecule has 1 aliphatic rings. The van der Waals surface area contributed by atoms with E-state index in [4.69, 9.17) is 5.73 Å². The predicted octanol–water partition coefficient (Wildman–Crippen LogP) is 4.04. The molecule has 0 spiro atoms. The summed E-state index contributed by atoms with van der Waals surface area (Å²) in [7, 11) is 0. The van der Waals surface area contributed by atoms with E-state index in [2.05, 4.69) is 46.1 Å². The molecule has 1 aromatic heterocycles. The Kier molecular flexibility index (Phi) is 5.46. The molecule has 0 radical (unpaired) electrons. The van der Waals surface area contributed by atoms with Crippen LogP contribution in [0.1, 0.15) is 44.4 Å². The molecule has 0 aromatic carbocycles. The first-order valence-electron chi connectivity index (χ1n) is 7.36. The third kappa shape index (κ3) is 3.07. The lowest BCUT2D eigenvalue weighted by Gasteiger charge is -2.45. The van der Waals surface area contributed by atoms with Crippen molar-refractivity contribution in [3.05, 3.63) is 20.8 Å². The average Bonchev–Trinajstić information content (AvgIpc) is 3.05. The van der Waals surface area contributed by atoms with Gasteiger partial charge in [-0.2, -0.15) is 0 Å². The van der Waals surface area contributed by atoms with Gasteiger partial charge in [-0.25, -0.2) is 0 Å². The Bertz CT molecular complexity index is 395. The van der Waals surface area contributed by atoms with Crippen molar-refractivity contribution in [2.75, 3.05) is 13.1 Å². The molecule has 0 amide bonds. The number of halogens is 1. The monoisotopic (exact) mass is 344 g/mol. The Morgan fingerprint density at radius 1 is 1.37 bits per heavy atom. The van der Waals surface area contributed by atoms with Crippen molar-refractivity contribution in [2.24, 2.45) is 5.73 Å². The second kappa shape index (κ2) is 6.70. The van der Waals surface area contributed by atoms with E-state index in [0.717, 1.165) is 19.3 Å². The molecule has 1 saturated heterocycles. The van der Waals surface area contributed by atoms with E-state index in [-0.39, 0.29) is 11.6 Å². The lowest BCUT2D eigenvalue weighted by Crippen LogP contribution is -2.59. The summed E-state index contributed by atoms with van der Waals surface area (Å²) in [6, 6.07) is 2.35. The van der Waals surface area contributed by atoms with Crippen molar-refractivity contribution in [3.63, 3.8) is 0 Å². The first-order chi connectivity index (χ1) is 9.14. The minimum absolute atomic E-state index is 0.180. The van der Waals surface area contributed by atoms with Gasteiger partial charge in [0.25, 0.3) is 0 Å². The van der Waals surface area contributed by atoms with Crippen LogP contribution in [0, 0.1) is 0 Å². The van der Waals surface area contributed by atoms with Crippen molar-refractivity contribution < 1.29 is 0 Å². The highest BCUT2D eigenvalue weighted by atomic mass is 79.9. The minimum Gasteiger partial charge on any atom is -0.326 e. The molecule has 1 fully saturated rings. The first-order valence-corrected chi connectivity index (χ1v) is 9.03. The predicted molar refractivity (Wildman–Crippen MR) is 87.8 cm³/mol. The molecule has 108 valence electrons. The SMILES string of the molecule is CCC(CC)(C(N)Cc1sccc1Br)N1CCCC1. The van der Waals surface area contributed by atoms with Crippen LogP contribution in [0.5, 0.6) is 0 Å². The van der Waals surface area contributed by atoms with Gasteiger partial charge < -0.3 is 5.73 Å². The molecule has 2 nitrogen and oxygen atoms in total. The van der Waals surface area contributed by atoms with Crippen LogP contribution in [0.2, 0.25) is 0 Å². The van der Waals surface area contributed by atoms with Crippen molar-refractivity contribution in [1.29, 1.82) is 0 Å². The molecular weight excluding hydrogens is 320 g/mol. The summed E-state index contributed by atoms with van der Waals surface area (Å²) in [5.41, 5.74) is 6.84. The van der Waals surface area contributed by atoms with Crippen LogP contribution >= 0.6 is 27.3 Å². The Labute approximate surface area is 129 Å². The normalized spacial score (nSPS) is 18.9. The molecule has 0 aliphatic carbocycles. The number of nitrogens with zero attached hydrogens (tertiary/aromatic N) is 1. The molecule has 2 N–H and O–H groups in total. The van der Waals surface area contributed by atoms with Crippen molar-refractivity contribution in [1.82, 2.24) is 4.90 Å². The fraction of sp³-hybridized carbons (Fsp3) is 0.733. The van der Waals surface area contributed by atoms with Gasteiger partial charge in [-0.05, 0) is 72.6 Å². The van der Waals surface area contributed by atoms with E-state index < -0.39 is 0 Å². The summed E-state index contributed by atoms with van der Waals surface area (Å²) in [6.07, 6.45) is 5.94. The van der Waals surface area contributed by atoms with E-state index in [1.165, 1.54) is 35.3 Å². The Morgan fingerprint density at radius 2 is 2.00 bits per heavy atom. The van der Waals surface area contributed by atoms with E-state index in [9.17, 15) is 0 Å². The maximum Gasteiger partial charge on any atom is 0.0358 e. The highest BCUT2D eigenvalue weighted by Crippen LogP contribution is 2.34. The van der Waals surface area contributed by atoms with Crippen LogP contribution in [0.4, 0.5) is 0 Å². The number of rotatable bonds is 6. The molecular formula is C15H25BrN2S. The second-order valence-corrected chi connectivity index (χ2v) is 7.36. The lowest BCUT2D eigenvalue weighted by molar-refractivity contribution is 0.0770. The number of hydrogen-bond acceptors (Lipinski definition) is 3. The molecule has 4 heteroatoms. The van der Waals surface area contributed by atoms with Gasteiger partial charge in [0, 0.05) is 20.9 Å². The zero-order chi connectivity index (χ0) is 13.9. The van der Waals surface area contributed by atoms with Crippen molar-refractivity contribution >= 4 is 27.3 Å². The fourth-order valence-electron chi connectivity index (χ4n) is 3.48. The maximum atomic E-state index is 6.66. The quantitative estimate of drug-likeness (QED) is 0.843. The Hall–Kier alpha value is 0.1000. The third-order valence-corrected chi connectivity index (χ3v) is 6.70. The number of hydrogen-bond donors (Lipinski definition) is 1. The zero-order valence-corrected chi connectivity index (χ0v) is 14.4. The molecule has 1 atom stereocenters. The van der Waals surface area contributed by atoms with E-state index >= 15 is 0 Å². The summed E-state index contributed by atoms with van der Waals surface area (Å²) >= 11 is 5.44. The van der Waals surface area contributed by atoms with Gasteiger partial charge in [-0.3, -0.25) is 4.90 Å². The van der Waals surface area contributed by atoms with Gasteiger partial charge in [-0.1, -0.05) is 13.8 Å². The van der Waals surface area contributed by atoms with E-state index in [1.54, 1.807) is 0 Å². The molecule has 1 unspecified atom stereocenters. The number of thiophene rings is 1. The standard InChI is InChI=1S/C15H25BrN2S/c1-3-15(4-2,18-8-5-6-9-18)14(17)11-13-12(16)7-10-19-13/h7,10,14H,3-6,8-9,11,17H2,1-2H3. The van der Waals surface area contributed by atoms with Gasteiger partial charge in [0.15, 0.2) is 0 Å². The van der Waals surface area contributed by atoms with Crippen molar-refractivity contribution in [3.8, 4) is 0 Å². The molecule has 1 aliphatic heterocycles. The van der Waals surface area contributed by atoms with Crippen LogP contribution in [0.3, 0.4) is 0 Å². The van der Waals surface area contributed by atoms with Crippen LogP contribution in [-0.4, -0.2) is 29.6 Å². The van der Waals surface area contributed by atoms with Gasteiger partial charge in [0.05, 0.1) is 0 Å². The molecule has 2 rings (SSSR count). The number of likely N-dealkylation sites (tertiary alicyclic amines) is 1. The first kappa shape index (κ1) is 15.5. The highest BCUT2D eigenvalue weighted by Gasteiger charge is 2.40. The molecule has 0 bridgehead atoms. The van der Waals surface area contributed by atoms with Crippen LogP contribution in [-0.2, 0) is 6.42 Å². The average molecular weight is 345 g/mol. The largest absolute Gasteiger partial charge is 0.326 e. The zero-order valence-electron chi connectivity index (χ0n) is 12.0. The minimum atomic E-state index is 0.180. The van der Waals surface area contributed by atoms with Gasteiger partial charge in [0.1, 0.15) is 0 Å². The molecule has 1 aromatic rings. The van der Waals surface area contributed by atoms with Crippen LogP contribution in [0.25, 0.3) is 0 Å². The van der Waals surface area contributed by atoms with Gasteiger partial charge in [-0.15, -0.1) is 11.3 Å². The summed E-state index contributed by atoms with van der Waals surface area (Å²) in [4.78, 5) is 4.04. The summed E-state index contributed by atoms with van der Waals surface area (Å²) < 4.78 is 1.22. The van der Waals surface area contributed by atoms with Crippen LogP contribution in [0.15, 0.2) is 15.9 Å². The number of nitrogens with two attached hydrogens (primary N) is 1. The van der Waals surface area contributed by atoms with Gasteiger partial charge in [0.2, 0.25) is 0 Å². The topological polar surface area (TPSA) is 29.3 Å². The maximum absolute atomic E-state index is 6.66. The molecule has 19 heavy (non-hydrogen) atoms. The van der Waals surface area contributed by atoms with Crippen LogP contribution < -0.4 is 5.73 Å². The summed E-state index contributed by atoms with van der Waals surface area (Å²) in [5.74, 6) is 0.